The Morgan fingerprint density at radius 2 is 1.21 bits per heavy atom. The van der Waals surface area contributed by atoms with Crippen molar-refractivity contribution in [3.63, 3.8) is 0 Å². The summed E-state index contributed by atoms with van der Waals surface area (Å²) in [6, 6.07) is -0.618. The molecule has 4 N–H and O–H groups in total. The molecule has 0 aromatic carbocycles. The minimum atomic E-state index is -0.618. The number of amides is 2. The van der Waals surface area contributed by atoms with E-state index in [0.717, 1.165) is 19.5 Å². The van der Waals surface area contributed by atoms with Crippen molar-refractivity contribution in [1.29, 1.82) is 0 Å². The van der Waals surface area contributed by atoms with Crippen molar-refractivity contribution in [3.8, 4) is 0 Å². The Morgan fingerprint density at radius 3 is 1.71 bits per heavy atom. The predicted octanol–water partition coefficient (Wildman–Crippen LogP) is 4.68. The maximum absolute atomic E-state index is 11.7. The summed E-state index contributed by atoms with van der Waals surface area (Å²) < 4.78 is 0. The molecule has 0 fully saturated rings. The van der Waals surface area contributed by atoms with E-state index in [2.05, 4.69) is 17.6 Å². The highest BCUT2D eigenvalue weighted by Crippen LogP contribution is 2.11. The van der Waals surface area contributed by atoms with Gasteiger partial charge < -0.3 is 11.1 Å². The van der Waals surface area contributed by atoms with Crippen molar-refractivity contribution >= 4 is 11.8 Å². The number of hydrogen-bond acceptors (Lipinski definition) is 4. The molecule has 0 aromatic heterocycles. The van der Waals surface area contributed by atoms with Gasteiger partial charge in [0, 0.05) is 6.42 Å². The van der Waals surface area contributed by atoms with E-state index in [4.69, 9.17) is 5.73 Å². The van der Waals surface area contributed by atoms with Gasteiger partial charge in [0.05, 0.1) is 6.04 Å². The molecule has 0 aliphatic heterocycles. The van der Waals surface area contributed by atoms with Crippen LogP contribution >= 0.6 is 0 Å². The van der Waals surface area contributed by atoms with Gasteiger partial charge in [-0.15, -0.1) is 0 Å². The molecular weight excluding hydrogens is 350 g/mol. The number of carbonyl (C=O) groups is 2. The lowest BCUT2D eigenvalue weighted by molar-refractivity contribution is -0.131. The van der Waals surface area contributed by atoms with Crippen molar-refractivity contribution < 1.29 is 9.59 Å². The first-order chi connectivity index (χ1) is 13.5. The lowest BCUT2D eigenvalue weighted by Crippen LogP contribution is -2.46. The highest BCUT2D eigenvalue weighted by molar-refractivity contribution is 5.97. The maximum atomic E-state index is 11.7. The topological polar surface area (TPSA) is 84.2 Å². The molecule has 28 heavy (non-hydrogen) atoms. The Balaban J connectivity index is 3.29. The summed E-state index contributed by atoms with van der Waals surface area (Å²) >= 11 is 0. The van der Waals surface area contributed by atoms with E-state index in [0.29, 0.717) is 6.42 Å². The molecule has 1 unspecified atom stereocenters. The molecule has 166 valence electrons. The van der Waals surface area contributed by atoms with E-state index >= 15 is 0 Å². The molecule has 0 rings (SSSR count). The van der Waals surface area contributed by atoms with Crippen LogP contribution in [0.4, 0.5) is 0 Å². The lowest BCUT2D eigenvalue weighted by atomic mass is 10.1. The molecule has 1 atom stereocenters. The van der Waals surface area contributed by atoms with E-state index in [-0.39, 0.29) is 17.7 Å². The van der Waals surface area contributed by atoms with E-state index < -0.39 is 6.04 Å². The second kappa shape index (κ2) is 19.4. The number of imide groups is 1. The quantitative estimate of drug-likeness (QED) is 0.276. The van der Waals surface area contributed by atoms with E-state index in [1.165, 1.54) is 77.0 Å². The van der Waals surface area contributed by atoms with E-state index in [1.807, 2.05) is 13.8 Å². The Kier molecular flexibility index (Phi) is 18.7. The van der Waals surface area contributed by atoms with Crippen LogP contribution in [0.2, 0.25) is 0 Å². The molecule has 0 aliphatic rings. The van der Waals surface area contributed by atoms with E-state index in [1.54, 1.807) is 0 Å². The first-order valence-corrected chi connectivity index (χ1v) is 11.8. The number of hydrogen-bond donors (Lipinski definition) is 3. The summed E-state index contributed by atoms with van der Waals surface area (Å²) in [4.78, 5) is 23.4. The van der Waals surface area contributed by atoms with Gasteiger partial charge >= 0.3 is 0 Å². The van der Waals surface area contributed by atoms with Crippen LogP contribution in [0.25, 0.3) is 0 Å². The largest absolute Gasteiger partial charge is 0.320 e. The Labute approximate surface area is 174 Å². The summed E-state index contributed by atoms with van der Waals surface area (Å²) in [5.74, 6) is -0.567. The van der Waals surface area contributed by atoms with Crippen LogP contribution < -0.4 is 16.4 Å². The molecule has 0 aliphatic carbocycles. The van der Waals surface area contributed by atoms with Gasteiger partial charge in [-0.05, 0) is 31.8 Å². The average molecular weight is 398 g/mol. The molecule has 0 aromatic rings. The zero-order chi connectivity index (χ0) is 21.0. The van der Waals surface area contributed by atoms with Crippen molar-refractivity contribution in [2.24, 2.45) is 11.7 Å². The Bertz CT molecular complexity index is 386. The fourth-order valence-corrected chi connectivity index (χ4v) is 3.18. The van der Waals surface area contributed by atoms with Gasteiger partial charge in [-0.25, -0.2) is 0 Å². The van der Waals surface area contributed by atoms with Crippen LogP contribution in [0.3, 0.4) is 0 Å². The van der Waals surface area contributed by atoms with Crippen LogP contribution in [0.5, 0.6) is 0 Å². The third-order valence-electron chi connectivity index (χ3n) is 5.25. The zero-order valence-corrected chi connectivity index (χ0v) is 18.9. The number of carbonyl (C=O) groups excluding carboxylic acids is 2. The van der Waals surface area contributed by atoms with Crippen molar-refractivity contribution in [2.75, 3.05) is 13.1 Å². The molecule has 0 saturated carbocycles. The Morgan fingerprint density at radius 1 is 0.750 bits per heavy atom. The summed E-state index contributed by atoms with van der Waals surface area (Å²) in [5.41, 5.74) is 5.72. The standard InChI is InChI=1S/C23H47N3O2/c1-4-5-6-7-8-9-10-11-12-13-14-15-18-25-19-16-17-21(27)26-23(28)22(24)20(2)3/h20,22,25H,4-19,24H2,1-3H3,(H,26,27,28). The molecule has 0 spiro atoms. The second-order valence-electron chi connectivity index (χ2n) is 8.42. The minimum absolute atomic E-state index is 0.0324. The van der Waals surface area contributed by atoms with Crippen LogP contribution in [0.15, 0.2) is 0 Å². The van der Waals surface area contributed by atoms with Crippen LogP contribution in [-0.2, 0) is 9.59 Å². The zero-order valence-electron chi connectivity index (χ0n) is 18.9. The van der Waals surface area contributed by atoms with Crippen molar-refractivity contribution in [3.05, 3.63) is 0 Å². The van der Waals surface area contributed by atoms with Crippen LogP contribution in [-0.4, -0.2) is 30.9 Å². The summed E-state index contributed by atoms with van der Waals surface area (Å²) in [5, 5.41) is 5.76. The molecular formula is C23H47N3O2. The third kappa shape index (κ3) is 17.2. The van der Waals surface area contributed by atoms with Gasteiger partial charge in [-0.2, -0.15) is 0 Å². The molecule has 0 radical (unpaired) electrons. The smallest absolute Gasteiger partial charge is 0.243 e. The lowest BCUT2D eigenvalue weighted by Gasteiger charge is -2.14. The summed E-state index contributed by atoms with van der Waals surface area (Å²) in [7, 11) is 0. The molecule has 0 heterocycles. The van der Waals surface area contributed by atoms with Crippen molar-refractivity contribution in [1.82, 2.24) is 10.6 Å². The van der Waals surface area contributed by atoms with Crippen LogP contribution in [0.1, 0.15) is 111 Å². The second-order valence-corrected chi connectivity index (χ2v) is 8.42. The van der Waals surface area contributed by atoms with Gasteiger partial charge in [-0.3, -0.25) is 14.9 Å². The first kappa shape index (κ1) is 27.1. The van der Waals surface area contributed by atoms with Gasteiger partial charge in [-0.1, -0.05) is 91.4 Å². The number of rotatable bonds is 19. The average Bonchev–Trinajstić information content (AvgIpc) is 2.66. The summed E-state index contributed by atoms with van der Waals surface area (Å²) in [6.45, 7) is 7.83. The predicted molar refractivity (Wildman–Crippen MR) is 119 cm³/mol. The number of nitrogens with one attached hydrogen (secondary N) is 2. The maximum Gasteiger partial charge on any atom is 0.243 e. The normalized spacial score (nSPS) is 12.3. The highest BCUT2D eigenvalue weighted by Gasteiger charge is 2.18. The van der Waals surface area contributed by atoms with Crippen molar-refractivity contribution in [2.45, 2.75) is 117 Å². The fourth-order valence-electron chi connectivity index (χ4n) is 3.18. The third-order valence-corrected chi connectivity index (χ3v) is 5.25. The Hall–Kier alpha value is -0.940. The first-order valence-electron chi connectivity index (χ1n) is 11.8. The van der Waals surface area contributed by atoms with Gasteiger partial charge in [0.2, 0.25) is 11.8 Å². The molecule has 0 bridgehead atoms. The minimum Gasteiger partial charge on any atom is -0.320 e. The number of unbranched alkanes of at least 4 members (excludes halogenated alkanes) is 11. The number of nitrogens with two attached hydrogens (primary N) is 1. The monoisotopic (exact) mass is 397 g/mol. The molecule has 2 amide bonds. The van der Waals surface area contributed by atoms with Gasteiger partial charge in [0.25, 0.3) is 0 Å². The molecule has 5 heteroatoms. The molecule has 0 saturated heterocycles. The molecule has 5 nitrogen and oxygen atoms in total. The van der Waals surface area contributed by atoms with Gasteiger partial charge in [0.15, 0.2) is 0 Å². The fraction of sp³-hybridized carbons (Fsp3) is 0.913. The van der Waals surface area contributed by atoms with Crippen LogP contribution in [0, 0.1) is 5.92 Å². The summed E-state index contributed by atoms with van der Waals surface area (Å²) in [6.07, 6.45) is 17.5. The van der Waals surface area contributed by atoms with E-state index in [9.17, 15) is 9.59 Å². The highest BCUT2D eigenvalue weighted by atomic mass is 16.2. The van der Waals surface area contributed by atoms with Gasteiger partial charge in [0.1, 0.15) is 0 Å². The SMILES string of the molecule is CCCCCCCCCCCCCCNCCCC(=O)NC(=O)C(N)C(C)C.